The van der Waals surface area contributed by atoms with Crippen molar-refractivity contribution in [3.8, 4) is 0 Å². The Bertz CT molecular complexity index is 78.2. The predicted molar refractivity (Wildman–Crippen MR) is 42.5 cm³/mol. The fourth-order valence-electron chi connectivity index (χ4n) is 0.399. The maximum absolute atomic E-state index is 5.24. The number of rotatable bonds is 4. The zero-order valence-corrected chi connectivity index (χ0v) is 7.11. The Hall–Kier alpha value is -0.120. The van der Waals surface area contributed by atoms with Crippen LogP contribution >= 0.6 is 0 Å². The summed E-state index contributed by atoms with van der Waals surface area (Å²) in [6, 6.07) is 0. The van der Waals surface area contributed by atoms with Gasteiger partial charge in [-0.3, -0.25) is 0 Å². The molecule has 3 N–H and O–H groups in total. The highest BCUT2D eigenvalue weighted by Gasteiger charge is 2.09. The molecule has 0 spiro atoms. The van der Waals surface area contributed by atoms with Crippen molar-refractivity contribution < 1.29 is 4.84 Å². The van der Waals surface area contributed by atoms with Crippen molar-refractivity contribution in [2.45, 2.75) is 20.8 Å². The second-order valence-electron chi connectivity index (χ2n) is 3.53. The van der Waals surface area contributed by atoms with Crippen LogP contribution in [-0.4, -0.2) is 19.7 Å². The van der Waals surface area contributed by atoms with E-state index in [1.807, 2.05) is 0 Å². The van der Waals surface area contributed by atoms with Gasteiger partial charge in [-0.25, -0.2) is 5.48 Å². The van der Waals surface area contributed by atoms with Gasteiger partial charge in [-0.05, 0) is 5.41 Å². The quantitative estimate of drug-likeness (QED) is 0.449. The van der Waals surface area contributed by atoms with Crippen molar-refractivity contribution in [3.05, 3.63) is 0 Å². The van der Waals surface area contributed by atoms with Crippen molar-refractivity contribution in [2.24, 2.45) is 11.1 Å². The molecule has 0 aliphatic carbocycles. The highest BCUT2D eigenvalue weighted by Crippen LogP contribution is 2.11. The molecule has 0 aromatic heterocycles. The molecule has 0 aliphatic heterocycles. The third-order valence-corrected chi connectivity index (χ3v) is 0.854. The van der Waals surface area contributed by atoms with Crippen molar-refractivity contribution in [3.63, 3.8) is 0 Å². The van der Waals surface area contributed by atoms with Crippen molar-refractivity contribution in [2.75, 3.05) is 19.7 Å². The van der Waals surface area contributed by atoms with E-state index >= 15 is 0 Å². The summed E-state index contributed by atoms with van der Waals surface area (Å²) < 4.78 is 0. The normalized spacial score (nSPS) is 12.0. The van der Waals surface area contributed by atoms with Crippen LogP contribution in [0.5, 0.6) is 0 Å². The van der Waals surface area contributed by atoms with Gasteiger partial charge in [0.05, 0.1) is 6.61 Å². The van der Waals surface area contributed by atoms with Gasteiger partial charge in [0.2, 0.25) is 0 Å². The van der Waals surface area contributed by atoms with E-state index in [4.69, 9.17) is 10.6 Å². The standard InChI is InChI=1S/C7H18N2O/c1-7(2,3)6-10-9-5-4-8/h9H,4-6,8H2,1-3H3. The minimum absolute atomic E-state index is 0.224. The average molecular weight is 146 g/mol. The van der Waals surface area contributed by atoms with Crippen LogP contribution in [0.15, 0.2) is 0 Å². The van der Waals surface area contributed by atoms with Gasteiger partial charge >= 0.3 is 0 Å². The predicted octanol–water partition coefficient (Wildman–Crippen LogP) is 0.512. The fourth-order valence-corrected chi connectivity index (χ4v) is 0.399. The van der Waals surface area contributed by atoms with Gasteiger partial charge < -0.3 is 10.6 Å². The molecule has 0 bridgehead atoms. The first-order valence-corrected chi connectivity index (χ1v) is 3.61. The Labute approximate surface area is 62.9 Å². The van der Waals surface area contributed by atoms with Gasteiger partial charge in [-0.1, -0.05) is 20.8 Å². The summed E-state index contributed by atoms with van der Waals surface area (Å²) in [7, 11) is 0. The largest absolute Gasteiger partial charge is 0.329 e. The number of hydrogen-bond donors (Lipinski definition) is 2. The first-order chi connectivity index (χ1) is 4.56. The highest BCUT2D eigenvalue weighted by molar-refractivity contribution is 4.57. The van der Waals surface area contributed by atoms with E-state index in [0.717, 1.165) is 6.54 Å². The summed E-state index contributed by atoms with van der Waals surface area (Å²) in [4.78, 5) is 5.11. The minimum Gasteiger partial charge on any atom is -0.329 e. The topological polar surface area (TPSA) is 47.3 Å². The summed E-state index contributed by atoms with van der Waals surface area (Å²) in [6.07, 6.45) is 0. The summed E-state index contributed by atoms with van der Waals surface area (Å²) in [5.41, 5.74) is 8.23. The molecule has 0 radical (unpaired) electrons. The molecule has 0 rings (SSSR count). The maximum Gasteiger partial charge on any atom is 0.0730 e. The van der Waals surface area contributed by atoms with Crippen LogP contribution in [0.1, 0.15) is 20.8 Å². The molecule has 0 amide bonds. The van der Waals surface area contributed by atoms with Crippen LogP contribution in [-0.2, 0) is 4.84 Å². The van der Waals surface area contributed by atoms with Crippen LogP contribution in [0.2, 0.25) is 0 Å². The van der Waals surface area contributed by atoms with E-state index in [9.17, 15) is 0 Å². The van der Waals surface area contributed by atoms with Crippen LogP contribution in [0.4, 0.5) is 0 Å². The third kappa shape index (κ3) is 7.88. The molecular weight excluding hydrogens is 128 g/mol. The lowest BCUT2D eigenvalue weighted by atomic mass is 9.99. The maximum atomic E-state index is 5.24. The van der Waals surface area contributed by atoms with Gasteiger partial charge in [0.15, 0.2) is 0 Å². The molecule has 0 unspecified atom stereocenters. The zero-order valence-electron chi connectivity index (χ0n) is 7.11. The summed E-state index contributed by atoms with van der Waals surface area (Å²) in [6.45, 7) is 8.42. The second-order valence-corrected chi connectivity index (χ2v) is 3.53. The van der Waals surface area contributed by atoms with Crippen LogP contribution in [0.3, 0.4) is 0 Å². The number of hydroxylamine groups is 1. The lowest BCUT2D eigenvalue weighted by Crippen LogP contribution is -2.27. The third-order valence-electron chi connectivity index (χ3n) is 0.854. The molecular formula is C7H18N2O. The van der Waals surface area contributed by atoms with Crippen LogP contribution < -0.4 is 11.2 Å². The SMILES string of the molecule is CC(C)(C)CONCCN. The Kier molecular flexibility index (Phi) is 4.60. The van der Waals surface area contributed by atoms with E-state index in [1.165, 1.54) is 0 Å². The molecule has 0 saturated carbocycles. The first-order valence-electron chi connectivity index (χ1n) is 3.61. The van der Waals surface area contributed by atoms with Gasteiger partial charge in [-0.2, -0.15) is 0 Å². The van der Waals surface area contributed by atoms with Crippen molar-refractivity contribution >= 4 is 0 Å². The minimum atomic E-state index is 0.224. The summed E-state index contributed by atoms with van der Waals surface area (Å²) in [5.74, 6) is 0. The Morgan fingerprint density at radius 2 is 2.00 bits per heavy atom. The molecule has 0 aromatic rings. The molecule has 3 heteroatoms. The number of nitrogens with two attached hydrogens (primary N) is 1. The van der Waals surface area contributed by atoms with Crippen molar-refractivity contribution in [1.29, 1.82) is 0 Å². The number of nitrogens with one attached hydrogen (secondary N) is 1. The van der Waals surface area contributed by atoms with E-state index in [-0.39, 0.29) is 5.41 Å². The summed E-state index contributed by atoms with van der Waals surface area (Å²) >= 11 is 0. The van der Waals surface area contributed by atoms with Gasteiger partial charge in [0.25, 0.3) is 0 Å². The fraction of sp³-hybridized carbons (Fsp3) is 1.00. The zero-order chi connectivity index (χ0) is 8.04. The summed E-state index contributed by atoms with van der Waals surface area (Å²) in [5, 5.41) is 0. The lowest BCUT2D eigenvalue weighted by molar-refractivity contribution is -0.00120. The van der Waals surface area contributed by atoms with E-state index in [1.54, 1.807) is 0 Å². The highest BCUT2D eigenvalue weighted by atomic mass is 16.6. The van der Waals surface area contributed by atoms with E-state index in [0.29, 0.717) is 13.2 Å². The van der Waals surface area contributed by atoms with E-state index in [2.05, 4.69) is 26.3 Å². The smallest absolute Gasteiger partial charge is 0.0730 e. The van der Waals surface area contributed by atoms with Crippen LogP contribution in [0.25, 0.3) is 0 Å². The van der Waals surface area contributed by atoms with Gasteiger partial charge in [0.1, 0.15) is 0 Å². The van der Waals surface area contributed by atoms with Gasteiger partial charge in [-0.15, -0.1) is 0 Å². The van der Waals surface area contributed by atoms with E-state index < -0.39 is 0 Å². The van der Waals surface area contributed by atoms with Crippen molar-refractivity contribution in [1.82, 2.24) is 5.48 Å². The molecule has 0 aliphatic rings. The second kappa shape index (κ2) is 4.66. The first kappa shape index (κ1) is 9.88. The monoisotopic (exact) mass is 146 g/mol. The Morgan fingerprint density at radius 1 is 1.40 bits per heavy atom. The molecule has 3 nitrogen and oxygen atoms in total. The molecule has 0 atom stereocenters. The lowest BCUT2D eigenvalue weighted by Gasteiger charge is -2.17. The Balaban J connectivity index is 3.04. The molecule has 0 aromatic carbocycles. The molecule has 0 saturated heterocycles. The molecule has 0 fully saturated rings. The molecule has 10 heavy (non-hydrogen) atoms. The molecule has 0 heterocycles. The molecule has 62 valence electrons. The van der Waals surface area contributed by atoms with Gasteiger partial charge in [0, 0.05) is 13.1 Å². The number of hydrogen-bond acceptors (Lipinski definition) is 3. The van der Waals surface area contributed by atoms with Crippen LogP contribution in [0, 0.1) is 5.41 Å². The Morgan fingerprint density at radius 3 is 2.40 bits per heavy atom. The average Bonchev–Trinajstić information content (AvgIpc) is 1.78.